The molecule has 7 heteroatoms. The van der Waals surface area contributed by atoms with Crippen LogP contribution in [-0.2, 0) is 13.0 Å². The van der Waals surface area contributed by atoms with E-state index in [1.165, 1.54) is 0 Å². The van der Waals surface area contributed by atoms with Crippen molar-refractivity contribution in [2.75, 3.05) is 31.1 Å². The van der Waals surface area contributed by atoms with Crippen molar-refractivity contribution >= 4 is 22.1 Å². The maximum Gasteiger partial charge on any atom is 0.273 e. The minimum absolute atomic E-state index is 0.111. The highest BCUT2D eigenvalue weighted by molar-refractivity contribution is 5.87. The van der Waals surface area contributed by atoms with Gasteiger partial charge in [-0.2, -0.15) is 0 Å². The average Bonchev–Trinajstić information content (AvgIpc) is 3.34. The van der Waals surface area contributed by atoms with Gasteiger partial charge >= 0.3 is 0 Å². The monoisotopic (exact) mass is 443 g/mol. The molecule has 1 saturated heterocycles. The molecule has 0 unspecified atom stereocenters. The molecular formula is C26H25N3O4. The summed E-state index contributed by atoms with van der Waals surface area (Å²) in [4.78, 5) is 15.8. The van der Waals surface area contributed by atoms with E-state index in [4.69, 9.17) is 4.42 Å². The molecule has 0 aliphatic carbocycles. The van der Waals surface area contributed by atoms with Crippen LogP contribution in [-0.4, -0.2) is 41.1 Å². The largest absolute Gasteiger partial charge is 0.508 e. The summed E-state index contributed by atoms with van der Waals surface area (Å²) in [5.74, 6) is 1.03. The van der Waals surface area contributed by atoms with Crippen molar-refractivity contribution in [3.63, 3.8) is 0 Å². The van der Waals surface area contributed by atoms with E-state index in [1.54, 1.807) is 24.5 Å². The van der Waals surface area contributed by atoms with Crippen LogP contribution in [0.1, 0.15) is 16.9 Å². The van der Waals surface area contributed by atoms with E-state index in [-0.39, 0.29) is 10.6 Å². The molecule has 0 radical (unpaired) electrons. The molecule has 0 atom stereocenters. The SMILES string of the molecule is O=[N+]([O-])c1ccc(N2CCN(Cc3c(O)ccc4ccccc34)CC2)cc1Cc1ccco1. The Bertz CT molecular complexity index is 1280. The Morgan fingerprint density at radius 2 is 1.79 bits per heavy atom. The number of hydrogen-bond donors (Lipinski definition) is 1. The third-order valence-electron chi connectivity index (χ3n) is 6.34. The van der Waals surface area contributed by atoms with Crippen molar-refractivity contribution in [3.05, 3.63) is 100.0 Å². The summed E-state index contributed by atoms with van der Waals surface area (Å²) in [5, 5.41) is 24.2. The Balaban J connectivity index is 1.30. The number of fused-ring (bicyclic) bond motifs is 1. The predicted molar refractivity (Wildman–Crippen MR) is 128 cm³/mol. The summed E-state index contributed by atoms with van der Waals surface area (Å²) in [5.41, 5.74) is 2.70. The van der Waals surface area contributed by atoms with E-state index in [0.717, 1.165) is 48.2 Å². The third kappa shape index (κ3) is 4.40. The van der Waals surface area contributed by atoms with Gasteiger partial charge < -0.3 is 14.4 Å². The number of nitro benzene ring substituents is 1. The zero-order chi connectivity index (χ0) is 22.8. The van der Waals surface area contributed by atoms with Gasteiger partial charge in [-0.3, -0.25) is 15.0 Å². The average molecular weight is 444 g/mol. The highest BCUT2D eigenvalue weighted by atomic mass is 16.6. The molecule has 1 aliphatic rings. The molecule has 3 aromatic carbocycles. The second kappa shape index (κ2) is 8.96. The number of benzene rings is 3. The van der Waals surface area contributed by atoms with Crippen LogP contribution in [0.3, 0.4) is 0 Å². The minimum atomic E-state index is -0.337. The highest BCUT2D eigenvalue weighted by Crippen LogP contribution is 2.30. The first kappa shape index (κ1) is 21.0. The Hall–Kier alpha value is -3.84. The van der Waals surface area contributed by atoms with E-state index < -0.39 is 0 Å². The highest BCUT2D eigenvalue weighted by Gasteiger charge is 2.22. The Morgan fingerprint density at radius 3 is 2.55 bits per heavy atom. The van der Waals surface area contributed by atoms with Crippen LogP contribution in [0.5, 0.6) is 5.75 Å². The van der Waals surface area contributed by atoms with Crippen molar-refractivity contribution in [1.29, 1.82) is 0 Å². The Kier molecular flexibility index (Phi) is 5.71. The van der Waals surface area contributed by atoms with Crippen LogP contribution < -0.4 is 4.90 Å². The molecule has 1 aliphatic heterocycles. The maximum atomic E-state index is 11.5. The molecule has 7 nitrogen and oxygen atoms in total. The number of anilines is 1. The molecule has 33 heavy (non-hydrogen) atoms. The van der Waals surface area contributed by atoms with Crippen LogP contribution >= 0.6 is 0 Å². The van der Waals surface area contributed by atoms with Crippen LogP contribution in [0, 0.1) is 10.1 Å². The molecule has 0 bridgehead atoms. The lowest BCUT2D eigenvalue weighted by Crippen LogP contribution is -2.46. The standard InChI is InChI=1S/C26H25N3O4/c30-26-10-7-19-4-1-2-6-23(19)24(26)18-27-11-13-28(14-12-27)21-8-9-25(29(31)32)20(16-21)17-22-5-3-15-33-22/h1-10,15-16,30H,11-14,17-18H2. The summed E-state index contributed by atoms with van der Waals surface area (Å²) < 4.78 is 5.41. The van der Waals surface area contributed by atoms with Gasteiger partial charge in [-0.05, 0) is 41.1 Å². The summed E-state index contributed by atoms with van der Waals surface area (Å²) in [6.07, 6.45) is 1.97. The number of phenols is 1. The number of aromatic hydroxyl groups is 1. The molecule has 1 fully saturated rings. The number of piperazine rings is 1. The van der Waals surface area contributed by atoms with Crippen molar-refractivity contribution in [1.82, 2.24) is 4.90 Å². The van der Waals surface area contributed by atoms with Gasteiger partial charge in [-0.15, -0.1) is 0 Å². The van der Waals surface area contributed by atoms with Gasteiger partial charge in [-0.25, -0.2) is 0 Å². The Morgan fingerprint density at radius 1 is 0.970 bits per heavy atom. The van der Waals surface area contributed by atoms with Gasteiger partial charge in [0.1, 0.15) is 11.5 Å². The zero-order valence-electron chi connectivity index (χ0n) is 18.2. The topological polar surface area (TPSA) is 83.0 Å². The number of phenolic OH excluding ortho intramolecular Hbond substituents is 1. The normalized spacial score (nSPS) is 14.6. The summed E-state index contributed by atoms with van der Waals surface area (Å²) >= 11 is 0. The minimum Gasteiger partial charge on any atom is -0.508 e. The van der Waals surface area contributed by atoms with Crippen LogP contribution in [0.2, 0.25) is 0 Å². The van der Waals surface area contributed by atoms with Crippen molar-refractivity contribution in [2.24, 2.45) is 0 Å². The lowest BCUT2D eigenvalue weighted by Gasteiger charge is -2.36. The van der Waals surface area contributed by atoms with Crippen LogP contribution in [0.15, 0.2) is 77.4 Å². The second-order valence-electron chi connectivity index (χ2n) is 8.37. The molecule has 168 valence electrons. The fourth-order valence-corrected chi connectivity index (χ4v) is 4.57. The van der Waals surface area contributed by atoms with Crippen LogP contribution in [0.4, 0.5) is 11.4 Å². The fraction of sp³-hybridized carbons (Fsp3) is 0.231. The van der Waals surface area contributed by atoms with Crippen molar-refractivity contribution < 1.29 is 14.4 Å². The summed E-state index contributed by atoms with van der Waals surface area (Å²) in [6, 6.07) is 20.8. The van der Waals surface area contributed by atoms with E-state index in [1.807, 2.05) is 36.4 Å². The number of furan rings is 1. The zero-order valence-corrected chi connectivity index (χ0v) is 18.2. The van der Waals surface area contributed by atoms with E-state index >= 15 is 0 Å². The number of nitro groups is 1. The van der Waals surface area contributed by atoms with Gasteiger partial charge in [0.05, 0.1) is 11.2 Å². The lowest BCUT2D eigenvalue weighted by atomic mass is 10.0. The molecule has 4 aromatic rings. The van der Waals surface area contributed by atoms with Crippen LogP contribution in [0.25, 0.3) is 10.8 Å². The number of nitrogens with zero attached hydrogens (tertiary/aromatic N) is 3. The number of hydrogen-bond acceptors (Lipinski definition) is 6. The predicted octanol–water partition coefficient (Wildman–Crippen LogP) is 4.96. The molecule has 0 amide bonds. The van der Waals surface area contributed by atoms with Crippen molar-refractivity contribution in [3.8, 4) is 5.75 Å². The molecule has 0 spiro atoms. The quantitative estimate of drug-likeness (QED) is 0.335. The first-order valence-electron chi connectivity index (χ1n) is 11.0. The van der Waals surface area contributed by atoms with Gasteiger partial charge in [0, 0.05) is 62.0 Å². The number of rotatable bonds is 6. The fourth-order valence-electron chi connectivity index (χ4n) is 4.57. The van der Waals surface area contributed by atoms with E-state index in [9.17, 15) is 15.2 Å². The maximum absolute atomic E-state index is 11.5. The first-order valence-corrected chi connectivity index (χ1v) is 11.0. The first-order chi connectivity index (χ1) is 16.1. The van der Waals surface area contributed by atoms with Gasteiger partial charge in [0.15, 0.2) is 0 Å². The van der Waals surface area contributed by atoms with Crippen molar-refractivity contribution in [2.45, 2.75) is 13.0 Å². The summed E-state index contributed by atoms with van der Waals surface area (Å²) in [6.45, 7) is 3.98. The third-order valence-corrected chi connectivity index (χ3v) is 6.34. The smallest absolute Gasteiger partial charge is 0.273 e. The molecule has 1 aromatic heterocycles. The molecule has 0 saturated carbocycles. The van der Waals surface area contributed by atoms with Gasteiger partial charge in [0.25, 0.3) is 5.69 Å². The molecule has 2 heterocycles. The second-order valence-corrected chi connectivity index (χ2v) is 8.37. The summed E-state index contributed by atoms with van der Waals surface area (Å²) in [7, 11) is 0. The lowest BCUT2D eigenvalue weighted by molar-refractivity contribution is -0.385. The molecule has 1 N–H and O–H groups in total. The van der Waals surface area contributed by atoms with Gasteiger partial charge in [0.2, 0.25) is 0 Å². The molecular weight excluding hydrogens is 418 g/mol. The van der Waals surface area contributed by atoms with E-state index in [0.29, 0.717) is 30.0 Å². The van der Waals surface area contributed by atoms with E-state index in [2.05, 4.69) is 21.9 Å². The van der Waals surface area contributed by atoms with Gasteiger partial charge in [-0.1, -0.05) is 30.3 Å². The Labute approximate surface area is 191 Å². The molecule has 5 rings (SSSR count).